The second-order valence-corrected chi connectivity index (χ2v) is 5.22. The molecule has 4 unspecified atom stereocenters. The normalized spacial score (nSPS) is 31.1. The minimum Gasteiger partial charge on any atom is -0.497 e. The number of hydrogen-bond donors (Lipinski definition) is 3. The van der Waals surface area contributed by atoms with Gasteiger partial charge in [-0.2, -0.15) is 0 Å². The van der Waals surface area contributed by atoms with E-state index < -0.39 is 0 Å². The van der Waals surface area contributed by atoms with Crippen LogP contribution in [-0.2, 0) is 4.74 Å². The lowest BCUT2D eigenvalue weighted by atomic mass is 9.72. The third-order valence-corrected chi connectivity index (χ3v) is 4.07. The summed E-state index contributed by atoms with van der Waals surface area (Å²) in [5.41, 5.74) is 6.73. The smallest absolute Gasteiger partial charge is 0.319 e. The summed E-state index contributed by atoms with van der Waals surface area (Å²) in [5, 5.41) is 5.66. The van der Waals surface area contributed by atoms with Crippen LogP contribution in [0.2, 0.25) is 0 Å². The van der Waals surface area contributed by atoms with Crippen molar-refractivity contribution in [3.05, 3.63) is 24.3 Å². The SMILES string of the molecule is COc1cccc(NC(=O)NC2C(N)C3CCOC32)c1. The van der Waals surface area contributed by atoms with Crippen LogP contribution in [0.4, 0.5) is 10.5 Å². The standard InChI is InChI=1S/C14H19N3O3/c1-19-9-4-2-3-8(7-9)16-14(18)17-12-11(15)10-5-6-20-13(10)12/h2-4,7,10-13H,5-6,15H2,1H3,(H2,16,17,18). The summed E-state index contributed by atoms with van der Waals surface area (Å²) in [6.07, 6.45) is 1.06. The van der Waals surface area contributed by atoms with Crippen molar-refractivity contribution >= 4 is 11.7 Å². The number of carbonyl (C=O) groups is 1. The molecule has 1 aliphatic heterocycles. The predicted molar refractivity (Wildman–Crippen MR) is 74.8 cm³/mol. The Morgan fingerprint density at radius 2 is 2.35 bits per heavy atom. The molecule has 6 heteroatoms. The number of carbonyl (C=O) groups excluding carboxylic acids is 1. The minimum atomic E-state index is -0.271. The summed E-state index contributed by atoms with van der Waals surface area (Å²) in [7, 11) is 1.59. The van der Waals surface area contributed by atoms with E-state index in [1.165, 1.54) is 0 Å². The van der Waals surface area contributed by atoms with Crippen molar-refractivity contribution < 1.29 is 14.3 Å². The quantitative estimate of drug-likeness (QED) is 0.767. The molecule has 20 heavy (non-hydrogen) atoms. The fourth-order valence-corrected chi connectivity index (χ4v) is 2.95. The average Bonchev–Trinajstić information content (AvgIpc) is 2.90. The van der Waals surface area contributed by atoms with Gasteiger partial charge < -0.3 is 25.8 Å². The van der Waals surface area contributed by atoms with E-state index in [0.29, 0.717) is 17.4 Å². The Kier molecular flexibility index (Phi) is 3.50. The molecule has 2 fully saturated rings. The molecule has 3 rings (SSSR count). The molecule has 1 saturated heterocycles. The van der Waals surface area contributed by atoms with Gasteiger partial charge in [-0.3, -0.25) is 0 Å². The lowest BCUT2D eigenvalue weighted by Crippen LogP contribution is -2.69. The third-order valence-electron chi connectivity index (χ3n) is 4.07. The zero-order valence-corrected chi connectivity index (χ0v) is 11.3. The van der Waals surface area contributed by atoms with Crippen LogP contribution >= 0.6 is 0 Å². The molecule has 6 nitrogen and oxygen atoms in total. The summed E-state index contributed by atoms with van der Waals surface area (Å²) in [6.45, 7) is 0.735. The molecule has 1 aromatic rings. The number of methoxy groups -OCH3 is 1. The van der Waals surface area contributed by atoms with Gasteiger partial charge >= 0.3 is 6.03 Å². The van der Waals surface area contributed by atoms with Crippen LogP contribution in [0.1, 0.15) is 6.42 Å². The fourth-order valence-electron chi connectivity index (χ4n) is 2.95. The first kappa shape index (κ1) is 13.2. The van der Waals surface area contributed by atoms with Crippen LogP contribution in [0.5, 0.6) is 5.75 Å². The fraction of sp³-hybridized carbons (Fsp3) is 0.500. The topological polar surface area (TPSA) is 85.6 Å². The van der Waals surface area contributed by atoms with E-state index in [-0.39, 0.29) is 24.2 Å². The van der Waals surface area contributed by atoms with Crippen LogP contribution in [0.3, 0.4) is 0 Å². The largest absolute Gasteiger partial charge is 0.497 e. The summed E-state index contributed by atoms with van der Waals surface area (Å²) in [6, 6.07) is 6.81. The molecular weight excluding hydrogens is 258 g/mol. The Balaban J connectivity index is 1.57. The van der Waals surface area contributed by atoms with E-state index in [1.54, 1.807) is 19.2 Å². The number of ether oxygens (including phenoxy) is 2. The second-order valence-electron chi connectivity index (χ2n) is 5.22. The summed E-state index contributed by atoms with van der Waals surface area (Å²) < 4.78 is 10.7. The maximum atomic E-state index is 12.0. The number of amides is 2. The predicted octanol–water partition coefficient (Wildman–Crippen LogP) is 0.931. The van der Waals surface area contributed by atoms with Crippen LogP contribution in [0.15, 0.2) is 24.3 Å². The summed E-state index contributed by atoms with van der Waals surface area (Å²) in [5.74, 6) is 1.08. The van der Waals surface area contributed by atoms with E-state index >= 15 is 0 Å². The molecule has 4 atom stereocenters. The number of urea groups is 1. The van der Waals surface area contributed by atoms with Gasteiger partial charge in [0.15, 0.2) is 0 Å². The van der Waals surface area contributed by atoms with Crippen LogP contribution < -0.4 is 21.1 Å². The highest BCUT2D eigenvalue weighted by molar-refractivity contribution is 5.89. The van der Waals surface area contributed by atoms with E-state index in [4.69, 9.17) is 15.2 Å². The van der Waals surface area contributed by atoms with Gasteiger partial charge in [-0.25, -0.2) is 4.79 Å². The summed E-state index contributed by atoms with van der Waals surface area (Å²) >= 11 is 0. The molecule has 0 aromatic heterocycles. The first-order valence-electron chi connectivity index (χ1n) is 6.78. The van der Waals surface area contributed by atoms with Gasteiger partial charge in [0.2, 0.25) is 0 Å². The Morgan fingerprint density at radius 3 is 3.15 bits per heavy atom. The van der Waals surface area contributed by atoms with Crippen molar-refractivity contribution in [1.82, 2.24) is 5.32 Å². The minimum absolute atomic E-state index is 0.0152. The molecule has 1 saturated carbocycles. The molecule has 2 amide bonds. The van der Waals surface area contributed by atoms with Crippen LogP contribution in [-0.4, -0.2) is 37.9 Å². The monoisotopic (exact) mass is 277 g/mol. The van der Waals surface area contributed by atoms with Gasteiger partial charge in [0.25, 0.3) is 0 Å². The number of nitrogens with two attached hydrogens (primary N) is 1. The highest BCUT2D eigenvalue weighted by atomic mass is 16.5. The van der Waals surface area contributed by atoms with Gasteiger partial charge in [-0.15, -0.1) is 0 Å². The Labute approximate surface area is 117 Å². The van der Waals surface area contributed by atoms with E-state index in [2.05, 4.69) is 10.6 Å². The number of nitrogens with one attached hydrogen (secondary N) is 2. The van der Waals surface area contributed by atoms with E-state index in [1.807, 2.05) is 12.1 Å². The third kappa shape index (κ3) is 2.32. The Morgan fingerprint density at radius 1 is 1.50 bits per heavy atom. The van der Waals surface area contributed by atoms with Crippen molar-refractivity contribution in [3.8, 4) is 5.75 Å². The first-order chi connectivity index (χ1) is 9.69. The zero-order chi connectivity index (χ0) is 14.1. The first-order valence-corrected chi connectivity index (χ1v) is 6.78. The van der Waals surface area contributed by atoms with Gasteiger partial charge in [-0.05, 0) is 18.6 Å². The van der Waals surface area contributed by atoms with Gasteiger partial charge in [0.1, 0.15) is 5.75 Å². The van der Waals surface area contributed by atoms with Gasteiger partial charge in [-0.1, -0.05) is 6.07 Å². The lowest BCUT2D eigenvalue weighted by Gasteiger charge is -2.45. The van der Waals surface area contributed by atoms with Crippen molar-refractivity contribution in [2.24, 2.45) is 11.7 Å². The summed E-state index contributed by atoms with van der Waals surface area (Å²) in [4.78, 5) is 12.0. The van der Waals surface area contributed by atoms with Gasteiger partial charge in [0, 0.05) is 30.3 Å². The molecule has 2 aliphatic rings. The van der Waals surface area contributed by atoms with Crippen LogP contribution in [0, 0.1) is 5.92 Å². The Hall–Kier alpha value is -1.79. The molecule has 0 bridgehead atoms. The molecule has 1 aliphatic carbocycles. The molecule has 0 radical (unpaired) electrons. The molecule has 1 heterocycles. The van der Waals surface area contributed by atoms with Gasteiger partial charge in [0.05, 0.1) is 19.3 Å². The number of rotatable bonds is 3. The molecule has 108 valence electrons. The number of fused-ring (bicyclic) bond motifs is 1. The van der Waals surface area contributed by atoms with Crippen molar-refractivity contribution in [3.63, 3.8) is 0 Å². The molecule has 0 spiro atoms. The number of anilines is 1. The van der Waals surface area contributed by atoms with Crippen molar-refractivity contribution in [1.29, 1.82) is 0 Å². The van der Waals surface area contributed by atoms with E-state index in [9.17, 15) is 4.79 Å². The average molecular weight is 277 g/mol. The maximum absolute atomic E-state index is 12.0. The lowest BCUT2D eigenvalue weighted by molar-refractivity contribution is -0.0128. The number of hydrogen-bond acceptors (Lipinski definition) is 4. The van der Waals surface area contributed by atoms with Crippen molar-refractivity contribution in [2.45, 2.75) is 24.6 Å². The Bertz CT molecular complexity index is 508. The maximum Gasteiger partial charge on any atom is 0.319 e. The molecule has 1 aromatic carbocycles. The van der Waals surface area contributed by atoms with E-state index in [0.717, 1.165) is 13.0 Å². The van der Waals surface area contributed by atoms with Crippen LogP contribution in [0.25, 0.3) is 0 Å². The molecular formula is C14H19N3O3. The molecule has 4 N–H and O–H groups in total. The highest BCUT2D eigenvalue weighted by Gasteiger charge is 2.52. The second kappa shape index (κ2) is 5.30. The zero-order valence-electron chi connectivity index (χ0n) is 11.3. The van der Waals surface area contributed by atoms with Crippen molar-refractivity contribution in [2.75, 3.05) is 19.0 Å². The highest BCUT2D eigenvalue weighted by Crippen LogP contribution is 2.37. The number of benzene rings is 1.